The van der Waals surface area contributed by atoms with E-state index in [1.165, 1.54) is 0 Å². The van der Waals surface area contributed by atoms with E-state index in [0.717, 1.165) is 6.42 Å². The van der Waals surface area contributed by atoms with Crippen molar-refractivity contribution in [1.82, 2.24) is 0 Å². The van der Waals surface area contributed by atoms with Gasteiger partial charge in [-0.05, 0) is 0 Å². The Labute approximate surface area is 131 Å². The van der Waals surface area contributed by atoms with Crippen LogP contribution in [0, 0.1) is 80.3 Å². The van der Waals surface area contributed by atoms with E-state index in [9.17, 15) is 0 Å². The van der Waals surface area contributed by atoms with Crippen LogP contribution in [0.1, 0.15) is 6.42 Å². The van der Waals surface area contributed by atoms with Crippen molar-refractivity contribution in [2.24, 2.45) is 0 Å². The molecule has 1 heteroatoms. The van der Waals surface area contributed by atoms with Crippen molar-refractivity contribution in [2.45, 2.75) is 6.42 Å². The van der Waals surface area contributed by atoms with Crippen LogP contribution in [0.2, 0.25) is 0 Å². The van der Waals surface area contributed by atoms with Gasteiger partial charge < -0.3 is 74.3 Å². The summed E-state index contributed by atoms with van der Waals surface area (Å²) in [5.41, 5.74) is 0. The van der Waals surface area contributed by atoms with Crippen LogP contribution in [0.25, 0.3) is 0 Å². The maximum Gasteiger partial charge on any atom is 0 e. The summed E-state index contributed by atoms with van der Waals surface area (Å²) >= 11 is 0. The summed E-state index contributed by atoms with van der Waals surface area (Å²) in [7, 11) is 0. The van der Waals surface area contributed by atoms with Crippen LogP contribution in [0.3, 0.4) is 0 Å². The zero-order valence-electron chi connectivity index (χ0n) is 13.4. The van der Waals surface area contributed by atoms with Gasteiger partial charge in [-0.1, -0.05) is 0 Å². The van der Waals surface area contributed by atoms with Gasteiger partial charge in [0.15, 0.2) is 0 Å². The zero-order valence-corrected chi connectivity index (χ0v) is 15.9. The van der Waals surface area contributed by atoms with E-state index in [4.69, 9.17) is 0 Å². The summed E-state index contributed by atoms with van der Waals surface area (Å²) < 4.78 is 0. The number of hydrogen-bond donors (Lipinski definition) is 0. The first-order chi connectivity index (χ1) is 2.50. The van der Waals surface area contributed by atoms with Crippen LogP contribution in [-0.2, 0) is 26.2 Å². The average molecular weight is 307 g/mol. The van der Waals surface area contributed by atoms with Crippen LogP contribution >= 0.6 is 0 Å². The Bertz CT molecular complexity index is 63.5. The van der Waals surface area contributed by atoms with Crippen LogP contribution in [0.4, 0.5) is 0 Å². The molecule has 0 radical (unpaired) electrons. The minimum absolute atomic E-state index is 0. The van der Waals surface area contributed by atoms with E-state index >= 15 is 0 Å². The Morgan fingerprint density at radius 1 is 0.625 bits per heavy atom. The van der Waals surface area contributed by atoms with Crippen molar-refractivity contribution in [3.8, 4) is 0 Å². The van der Waals surface area contributed by atoms with Gasteiger partial charge in [0.2, 0.25) is 0 Å². The first-order valence-corrected chi connectivity index (χ1v) is 1.72. The van der Waals surface area contributed by atoms with Gasteiger partial charge in [0.25, 0.3) is 0 Å². The molecule has 0 spiro atoms. The van der Waals surface area contributed by atoms with Gasteiger partial charge in [-0.25, -0.2) is 12.2 Å². The van der Waals surface area contributed by atoms with Crippen molar-refractivity contribution in [2.75, 3.05) is 0 Å². The molecular weight excluding hydrogens is 271 g/mol. The fraction of sp³-hybridized carbons (Fsp3) is 0.0667. The van der Waals surface area contributed by atoms with Gasteiger partial charge >= 0.3 is 0 Å². The molecule has 1 rings (SSSR count). The molecule has 0 aromatic carbocycles. The molecular formula is C15H35Zr-11. The molecule has 110 valence electrons. The molecule has 0 saturated carbocycles. The van der Waals surface area contributed by atoms with Crippen LogP contribution in [-0.4, -0.2) is 0 Å². The fourth-order valence-electron chi connectivity index (χ4n) is 0.340. The van der Waals surface area contributed by atoms with Gasteiger partial charge in [0.05, 0.1) is 0 Å². The standard InChI is InChI=1S/C5H5.10CH3.Zr/c1-2-4-5-3-1;;;;;;;;;;;/h1-3H,4H2;10*1H3;/q11*-1;. The largest absolute Gasteiger partial charge is 0.358 e. The maximum absolute atomic E-state index is 2.99. The van der Waals surface area contributed by atoms with E-state index in [-0.39, 0.29) is 100 Å². The Kier molecular flexibility index (Phi) is 925. The molecule has 0 atom stereocenters. The predicted octanol–water partition coefficient (Wildman–Crippen LogP) is 5.81. The van der Waals surface area contributed by atoms with Crippen molar-refractivity contribution < 1.29 is 26.2 Å². The number of rotatable bonds is 0. The third-order valence-electron chi connectivity index (χ3n) is 0.586. The van der Waals surface area contributed by atoms with E-state index in [1.807, 2.05) is 12.2 Å². The van der Waals surface area contributed by atoms with Gasteiger partial charge in [0, 0.05) is 26.2 Å². The van der Waals surface area contributed by atoms with Crippen molar-refractivity contribution in [3.63, 3.8) is 0 Å². The molecule has 0 heterocycles. The number of hydrogen-bond acceptors (Lipinski definition) is 0. The van der Waals surface area contributed by atoms with Crippen LogP contribution in [0.15, 0.2) is 18.2 Å². The summed E-state index contributed by atoms with van der Waals surface area (Å²) in [5.74, 6) is 0. The molecule has 1 aliphatic rings. The summed E-state index contributed by atoms with van der Waals surface area (Å²) in [4.78, 5) is 0. The summed E-state index contributed by atoms with van der Waals surface area (Å²) in [6.45, 7) is 0. The monoisotopic (exact) mass is 305 g/mol. The second kappa shape index (κ2) is 110. The second-order valence-corrected chi connectivity index (χ2v) is 1.00. The topological polar surface area (TPSA) is 0 Å². The molecule has 0 fully saturated rings. The van der Waals surface area contributed by atoms with Gasteiger partial charge in [-0.15, -0.1) is 6.42 Å². The fourth-order valence-corrected chi connectivity index (χ4v) is 0.340. The quantitative estimate of drug-likeness (QED) is 0.496. The average Bonchev–Trinajstić information content (AvgIpc) is 1.76. The molecule has 0 aromatic rings. The van der Waals surface area contributed by atoms with Gasteiger partial charge in [0.1, 0.15) is 0 Å². The SMILES string of the molecule is [C-]1=CC=CC1.[CH3-].[CH3-].[CH3-].[CH3-].[CH3-].[CH3-].[CH3-].[CH3-].[CH3-].[CH3-].[Zr]. The summed E-state index contributed by atoms with van der Waals surface area (Å²) in [5, 5.41) is 0. The van der Waals surface area contributed by atoms with Crippen molar-refractivity contribution in [3.05, 3.63) is 98.6 Å². The van der Waals surface area contributed by atoms with E-state index in [2.05, 4.69) is 12.2 Å². The Hall–Kier alpha value is 0.363. The van der Waals surface area contributed by atoms with Gasteiger partial charge in [-0.2, -0.15) is 6.08 Å². The van der Waals surface area contributed by atoms with Crippen molar-refractivity contribution >= 4 is 0 Å². The number of allylic oxidation sites excluding steroid dienone is 4. The molecule has 0 aliphatic heterocycles. The summed E-state index contributed by atoms with van der Waals surface area (Å²) in [6, 6.07) is 0. The third kappa shape index (κ3) is 89.2. The molecule has 0 amide bonds. The second-order valence-electron chi connectivity index (χ2n) is 1.00. The van der Waals surface area contributed by atoms with Crippen LogP contribution < -0.4 is 0 Å². The van der Waals surface area contributed by atoms with Crippen LogP contribution in [0.5, 0.6) is 0 Å². The van der Waals surface area contributed by atoms with Crippen molar-refractivity contribution in [1.29, 1.82) is 0 Å². The molecule has 0 N–H and O–H groups in total. The molecule has 0 unspecified atom stereocenters. The minimum atomic E-state index is 0. The smallest absolute Gasteiger partial charge is 0 e. The molecule has 0 saturated heterocycles. The van der Waals surface area contributed by atoms with Gasteiger partial charge in [-0.3, -0.25) is 6.08 Å². The molecule has 16 heavy (non-hydrogen) atoms. The maximum atomic E-state index is 2.99. The Morgan fingerprint density at radius 2 is 0.938 bits per heavy atom. The molecule has 0 aromatic heterocycles. The molecule has 0 nitrogen and oxygen atoms in total. The third-order valence-corrected chi connectivity index (χ3v) is 0.586. The Balaban J connectivity index is -0.00000000253. The first-order valence-electron chi connectivity index (χ1n) is 1.72. The van der Waals surface area contributed by atoms with E-state index in [0.29, 0.717) is 0 Å². The first kappa shape index (κ1) is 134. The predicted molar refractivity (Wildman–Crippen MR) is 85.7 cm³/mol. The van der Waals surface area contributed by atoms with E-state index < -0.39 is 0 Å². The zero-order chi connectivity index (χ0) is 3.54. The Morgan fingerprint density at radius 3 is 1.00 bits per heavy atom. The minimum Gasteiger partial charge on any atom is -0.358 e. The molecule has 1 aliphatic carbocycles. The van der Waals surface area contributed by atoms with E-state index in [1.54, 1.807) is 0 Å². The molecule has 0 bridgehead atoms. The normalized spacial score (nSPS) is 5.50. The summed E-state index contributed by atoms with van der Waals surface area (Å²) in [6.07, 6.45) is 10.0.